The van der Waals surface area contributed by atoms with Crippen LogP contribution in [-0.4, -0.2) is 9.97 Å². The Bertz CT molecular complexity index is 234. The highest BCUT2D eigenvalue weighted by Crippen LogP contribution is 2.07. The van der Waals surface area contributed by atoms with Crippen molar-refractivity contribution in [1.29, 1.82) is 0 Å². The fourth-order valence-corrected chi connectivity index (χ4v) is 1.23. The molecule has 1 rings (SSSR count). The van der Waals surface area contributed by atoms with Crippen molar-refractivity contribution >= 4 is 0 Å². The van der Waals surface area contributed by atoms with Gasteiger partial charge in [-0.3, -0.25) is 0 Å². The molecule has 0 aliphatic rings. The molecule has 0 aliphatic carbocycles. The van der Waals surface area contributed by atoms with Crippen molar-refractivity contribution in [3.05, 3.63) is 23.8 Å². The summed E-state index contributed by atoms with van der Waals surface area (Å²) in [5.74, 6) is 0. The molecule has 0 spiro atoms. The van der Waals surface area contributed by atoms with Crippen molar-refractivity contribution in [2.75, 3.05) is 0 Å². The van der Waals surface area contributed by atoms with Crippen LogP contribution in [0.2, 0.25) is 0 Å². The topological polar surface area (TPSA) is 25.8 Å². The van der Waals surface area contributed by atoms with Crippen LogP contribution in [0, 0.1) is 6.92 Å². The Balaban J connectivity index is 0.000000791. The molecule has 1 aromatic rings. The highest BCUT2D eigenvalue weighted by Gasteiger charge is 1.97. The molecule has 0 N–H and O–H groups in total. The van der Waals surface area contributed by atoms with Gasteiger partial charge in [0.1, 0.15) is 6.33 Å². The number of hydrogen-bond donors (Lipinski definition) is 0. The molecule has 0 saturated heterocycles. The van der Waals surface area contributed by atoms with Gasteiger partial charge in [-0.1, -0.05) is 33.6 Å². The average Bonchev–Trinajstić information content (AvgIpc) is 2.24. The second-order valence-electron chi connectivity index (χ2n) is 3.09. The second-order valence-corrected chi connectivity index (χ2v) is 3.09. The standard InChI is InChI=1S/C10H16N2.C2H6/c1-3-4-5-6-10-7-11-8-12-9(10)2;1-2/h7-8H,3-6H2,1-2H3;1-2H3. The summed E-state index contributed by atoms with van der Waals surface area (Å²) in [6.45, 7) is 8.26. The number of unbranched alkanes of at least 4 members (excludes halogenated alkanes) is 2. The van der Waals surface area contributed by atoms with Gasteiger partial charge < -0.3 is 0 Å². The highest BCUT2D eigenvalue weighted by molar-refractivity contribution is 5.13. The van der Waals surface area contributed by atoms with E-state index in [9.17, 15) is 0 Å². The van der Waals surface area contributed by atoms with Crippen LogP contribution in [0.25, 0.3) is 0 Å². The normalized spacial score (nSPS) is 9.14. The van der Waals surface area contributed by atoms with Gasteiger partial charge >= 0.3 is 0 Å². The summed E-state index contributed by atoms with van der Waals surface area (Å²) in [6.07, 6.45) is 8.49. The van der Waals surface area contributed by atoms with Crippen molar-refractivity contribution < 1.29 is 0 Å². The minimum Gasteiger partial charge on any atom is -0.245 e. The van der Waals surface area contributed by atoms with Crippen LogP contribution < -0.4 is 0 Å². The lowest BCUT2D eigenvalue weighted by molar-refractivity contribution is 0.710. The Morgan fingerprint density at radius 1 is 1.21 bits per heavy atom. The predicted octanol–water partition coefficient (Wildman–Crippen LogP) is 3.54. The third-order valence-electron chi connectivity index (χ3n) is 2.06. The lowest BCUT2D eigenvalue weighted by Gasteiger charge is -2.01. The van der Waals surface area contributed by atoms with E-state index in [0.717, 1.165) is 12.1 Å². The van der Waals surface area contributed by atoms with Crippen molar-refractivity contribution in [1.82, 2.24) is 9.97 Å². The maximum atomic E-state index is 4.15. The van der Waals surface area contributed by atoms with Gasteiger partial charge in [0.05, 0.1) is 0 Å². The lowest BCUT2D eigenvalue weighted by atomic mass is 10.1. The van der Waals surface area contributed by atoms with Crippen LogP contribution in [-0.2, 0) is 6.42 Å². The molecule has 14 heavy (non-hydrogen) atoms. The Labute approximate surface area is 87.8 Å². The lowest BCUT2D eigenvalue weighted by Crippen LogP contribution is -1.93. The smallest absolute Gasteiger partial charge is 0.115 e. The number of hydrogen-bond acceptors (Lipinski definition) is 2. The van der Waals surface area contributed by atoms with Gasteiger partial charge in [-0.15, -0.1) is 0 Å². The Hall–Kier alpha value is -0.920. The van der Waals surface area contributed by atoms with E-state index in [2.05, 4.69) is 16.9 Å². The number of aromatic nitrogens is 2. The Morgan fingerprint density at radius 2 is 1.93 bits per heavy atom. The molecule has 80 valence electrons. The zero-order chi connectivity index (χ0) is 10.8. The summed E-state index contributed by atoms with van der Waals surface area (Å²) >= 11 is 0. The van der Waals surface area contributed by atoms with Crippen LogP contribution in [0.5, 0.6) is 0 Å². The fourth-order valence-electron chi connectivity index (χ4n) is 1.23. The molecule has 0 fully saturated rings. The molecule has 2 nitrogen and oxygen atoms in total. The van der Waals surface area contributed by atoms with Crippen LogP contribution in [0.4, 0.5) is 0 Å². The van der Waals surface area contributed by atoms with Gasteiger partial charge in [0.2, 0.25) is 0 Å². The minimum absolute atomic E-state index is 1.13. The minimum atomic E-state index is 1.13. The zero-order valence-corrected chi connectivity index (χ0v) is 9.88. The van der Waals surface area contributed by atoms with E-state index in [1.54, 1.807) is 6.33 Å². The molecular weight excluding hydrogens is 172 g/mol. The van der Waals surface area contributed by atoms with E-state index in [1.165, 1.54) is 24.8 Å². The van der Waals surface area contributed by atoms with Crippen LogP contribution in [0.3, 0.4) is 0 Å². The summed E-state index contributed by atoms with van der Waals surface area (Å²) < 4.78 is 0. The Morgan fingerprint density at radius 3 is 2.50 bits per heavy atom. The van der Waals surface area contributed by atoms with Crippen molar-refractivity contribution in [2.45, 2.75) is 53.4 Å². The van der Waals surface area contributed by atoms with E-state index in [4.69, 9.17) is 0 Å². The number of rotatable bonds is 4. The molecule has 0 aromatic carbocycles. The molecule has 0 bridgehead atoms. The maximum absolute atomic E-state index is 4.15. The summed E-state index contributed by atoms with van der Waals surface area (Å²) in [4.78, 5) is 8.16. The van der Waals surface area contributed by atoms with Gasteiger partial charge in [0.25, 0.3) is 0 Å². The number of aryl methyl sites for hydroxylation is 2. The van der Waals surface area contributed by atoms with E-state index >= 15 is 0 Å². The molecule has 0 saturated carbocycles. The fraction of sp³-hybridized carbons (Fsp3) is 0.667. The van der Waals surface area contributed by atoms with E-state index in [0.29, 0.717) is 0 Å². The molecule has 1 aromatic heterocycles. The average molecular weight is 194 g/mol. The molecule has 0 amide bonds. The second kappa shape index (κ2) is 8.67. The van der Waals surface area contributed by atoms with E-state index in [1.807, 2.05) is 27.0 Å². The summed E-state index contributed by atoms with van der Waals surface area (Å²) in [5.41, 5.74) is 2.42. The largest absolute Gasteiger partial charge is 0.245 e. The predicted molar refractivity (Wildman–Crippen MR) is 61.3 cm³/mol. The van der Waals surface area contributed by atoms with Gasteiger partial charge in [-0.25, -0.2) is 9.97 Å². The maximum Gasteiger partial charge on any atom is 0.115 e. The van der Waals surface area contributed by atoms with Gasteiger partial charge in [-0.2, -0.15) is 0 Å². The van der Waals surface area contributed by atoms with Crippen LogP contribution in [0.1, 0.15) is 51.3 Å². The molecule has 2 heteroatoms. The van der Waals surface area contributed by atoms with Crippen molar-refractivity contribution in [3.8, 4) is 0 Å². The molecule has 0 aliphatic heterocycles. The molecule has 1 heterocycles. The first kappa shape index (κ1) is 13.1. The SMILES string of the molecule is CC.CCCCCc1cncnc1C. The first-order valence-electron chi connectivity index (χ1n) is 5.60. The molecular formula is C12H22N2. The van der Waals surface area contributed by atoms with Gasteiger partial charge in [-0.05, 0) is 25.3 Å². The molecule has 0 atom stereocenters. The number of nitrogens with zero attached hydrogens (tertiary/aromatic N) is 2. The molecule has 0 unspecified atom stereocenters. The highest BCUT2D eigenvalue weighted by atomic mass is 14.8. The first-order chi connectivity index (χ1) is 6.84. The van der Waals surface area contributed by atoms with Crippen LogP contribution in [0.15, 0.2) is 12.5 Å². The third-order valence-corrected chi connectivity index (χ3v) is 2.06. The van der Waals surface area contributed by atoms with E-state index in [-0.39, 0.29) is 0 Å². The van der Waals surface area contributed by atoms with Gasteiger partial charge in [0, 0.05) is 11.9 Å². The Kier molecular flexibility index (Phi) is 8.10. The van der Waals surface area contributed by atoms with E-state index < -0.39 is 0 Å². The third kappa shape index (κ3) is 4.95. The van der Waals surface area contributed by atoms with Crippen molar-refractivity contribution in [3.63, 3.8) is 0 Å². The van der Waals surface area contributed by atoms with Gasteiger partial charge in [0.15, 0.2) is 0 Å². The molecule has 0 radical (unpaired) electrons. The quantitative estimate of drug-likeness (QED) is 0.685. The van der Waals surface area contributed by atoms with Crippen molar-refractivity contribution in [2.24, 2.45) is 0 Å². The van der Waals surface area contributed by atoms with Crippen LogP contribution >= 0.6 is 0 Å². The summed E-state index contributed by atoms with van der Waals surface area (Å²) in [6, 6.07) is 0. The zero-order valence-electron chi connectivity index (χ0n) is 9.88. The summed E-state index contributed by atoms with van der Waals surface area (Å²) in [5, 5.41) is 0. The first-order valence-corrected chi connectivity index (χ1v) is 5.60. The monoisotopic (exact) mass is 194 g/mol. The summed E-state index contributed by atoms with van der Waals surface area (Å²) in [7, 11) is 0.